The summed E-state index contributed by atoms with van der Waals surface area (Å²) < 4.78 is 0. The number of aliphatic hydroxyl groups is 2. The molecule has 0 amide bonds. The molecule has 0 radical (unpaired) electrons. The lowest BCUT2D eigenvalue weighted by atomic mass is 9.33. The summed E-state index contributed by atoms with van der Waals surface area (Å²) in [6.45, 7) is 13.1. The van der Waals surface area contributed by atoms with Crippen LogP contribution in [-0.4, -0.2) is 39.8 Å². The van der Waals surface area contributed by atoms with Crippen LogP contribution in [0.1, 0.15) is 99.3 Å². The SMILES string of the molecule is C[C@@]1(C(=O)O)CC[C@]2(C)C(=O)C[C@]3(C)C(=CC[C@@H]4[C@@]5(C)CC[C@H](O)[C@](C)(CO)C5CC[C@]43C)[C@H]2C1. The van der Waals surface area contributed by atoms with Crippen molar-refractivity contribution in [2.45, 2.75) is 105 Å². The van der Waals surface area contributed by atoms with Crippen molar-refractivity contribution in [3.05, 3.63) is 11.6 Å². The minimum absolute atomic E-state index is 0.00288. The van der Waals surface area contributed by atoms with E-state index in [0.29, 0.717) is 43.8 Å². The molecule has 5 aliphatic carbocycles. The van der Waals surface area contributed by atoms with Crippen LogP contribution in [0.15, 0.2) is 11.6 Å². The van der Waals surface area contributed by atoms with Gasteiger partial charge in [-0.1, -0.05) is 46.3 Å². The number of hydrogen-bond donors (Lipinski definition) is 3. The summed E-state index contributed by atoms with van der Waals surface area (Å²) >= 11 is 0. The zero-order valence-electron chi connectivity index (χ0n) is 22.6. The van der Waals surface area contributed by atoms with Crippen LogP contribution in [0.3, 0.4) is 0 Å². The van der Waals surface area contributed by atoms with Gasteiger partial charge in [-0.05, 0) is 86.9 Å². The van der Waals surface area contributed by atoms with Gasteiger partial charge in [0.15, 0.2) is 0 Å². The first-order chi connectivity index (χ1) is 16.1. The van der Waals surface area contributed by atoms with Gasteiger partial charge in [0.25, 0.3) is 0 Å². The molecule has 0 aliphatic heterocycles. The topological polar surface area (TPSA) is 94.8 Å². The van der Waals surface area contributed by atoms with Crippen LogP contribution in [0.25, 0.3) is 0 Å². The summed E-state index contributed by atoms with van der Waals surface area (Å²) in [7, 11) is 0. The number of aliphatic hydroxyl groups excluding tert-OH is 2. The van der Waals surface area contributed by atoms with Crippen molar-refractivity contribution in [2.24, 2.45) is 50.2 Å². The lowest BCUT2D eigenvalue weighted by Gasteiger charge is -2.71. The molecule has 0 aromatic rings. The average Bonchev–Trinajstić information content (AvgIpc) is 2.79. The van der Waals surface area contributed by atoms with E-state index in [9.17, 15) is 24.9 Å². The van der Waals surface area contributed by atoms with Crippen molar-refractivity contribution in [2.75, 3.05) is 6.61 Å². The van der Waals surface area contributed by atoms with E-state index in [1.54, 1.807) is 0 Å². The van der Waals surface area contributed by atoms with E-state index in [2.05, 4.69) is 40.7 Å². The van der Waals surface area contributed by atoms with Crippen molar-refractivity contribution >= 4 is 11.8 Å². The summed E-state index contributed by atoms with van der Waals surface area (Å²) in [5.74, 6) is 0.185. The number of carbonyl (C=O) groups is 2. The second-order valence-corrected chi connectivity index (χ2v) is 14.7. The molecule has 0 aromatic carbocycles. The highest BCUT2D eigenvalue weighted by atomic mass is 16.4. The standard InChI is InChI=1S/C30H46O5/c1-25(24(34)35)13-14-26(2)19(15-25)18-7-8-21-27(3)11-10-22(32)28(4,17-31)20(27)9-12-29(21,5)30(18,6)16-23(26)33/h7,19-22,31-32H,8-17H2,1-6H3,(H,34,35)/t19-,20?,21-,22+,25-,26+,27+,28-,29-,30-/m1/s1. The van der Waals surface area contributed by atoms with Gasteiger partial charge in [0.1, 0.15) is 5.78 Å². The maximum atomic E-state index is 13.9. The number of carbonyl (C=O) groups excluding carboxylic acids is 1. The Morgan fingerprint density at radius 3 is 2.31 bits per heavy atom. The zero-order chi connectivity index (χ0) is 25.8. The van der Waals surface area contributed by atoms with E-state index < -0.39 is 28.3 Å². The van der Waals surface area contributed by atoms with Gasteiger partial charge in [-0.25, -0.2) is 0 Å². The first-order valence-electron chi connectivity index (χ1n) is 13.9. The molecule has 5 aliphatic rings. The van der Waals surface area contributed by atoms with Crippen LogP contribution in [0.5, 0.6) is 0 Å². The van der Waals surface area contributed by atoms with E-state index >= 15 is 0 Å². The quantitative estimate of drug-likeness (QED) is 0.455. The van der Waals surface area contributed by atoms with Crippen molar-refractivity contribution in [3.8, 4) is 0 Å². The predicted molar refractivity (Wildman–Crippen MR) is 134 cm³/mol. The number of carboxylic acid groups (broad SMARTS) is 1. The molecule has 0 spiro atoms. The van der Waals surface area contributed by atoms with Gasteiger partial charge in [0, 0.05) is 22.7 Å². The molecule has 35 heavy (non-hydrogen) atoms. The van der Waals surface area contributed by atoms with E-state index in [1.165, 1.54) is 5.57 Å². The van der Waals surface area contributed by atoms with E-state index in [1.807, 2.05) is 6.92 Å². The lowest BCUT2D eigenvalue weighted by Crippen LogP contribution is -2.66. The lowest BCUT2D eigenvalue weighted by molar-refractivity contribution is -0.214. The Labute approximate surface area is 210 Å². The number of aliphatic carboxylic acids is 1. The van der Waals surface area contributed by atoms with Gasteiger partial charge in [0.05, 0.1) is 18.1 Å². The summed E-state index contributed by atoms with van der Waals surface area (Å²) in [6, 6.07) is 0. The van der Waals surface area contributed by atoms with E-state index in [-0.39, 0.29) is 34.7 Å². The van der Waals surface area contributed by atoms with E-state index in [0.717, 1.165) is 25.7 Å². The first kappa shape index (κ1) is 25.4. The fraction of sp³-hybridized carbons (Fsp3) is 0.867. The summed E-state index contributed by atoms with van der Waals surface area (Å²) in [5.41, 5.74) is -0.758. The molecular formula is C30H46O5. The van der Waals surface area contributed by atoms with Crippen LogP contribution < -0.4 is 0 Å². The number of rotatable bonds is 2. The molecule has 0 saturated heterocycles. The van der Waals surface area contributed by atoms with Gasteiger partial charge in [-0.2, -0.15) is 0 Å². The van der Waals surface area contributed by atoms with E-state index in [4.69, 9.17) is 0 Å². The second-order valence-electron chi connectivity index (χ2n) is 14.7. The fourth-order valence-corrected chi connectivity index (χ4v) is 10.4. The van der Waals surface area contributed by atoms with Crippen LogP contribution >= 0.6 is 0 Å². The van der Waals surface area contributed by atoms with Crippen LogP contribution in [0, 0.1) is 50.2 Å². The van der Waals surface area contributed by atoms with Gasteiger partial charge in [-0.15, -0.1) is 0 Å². The molecule has 3 N–H and O–H groups in total. The molecule has 0 aromatic heterocycles. The zero-order valence-corrected chi connectivity index (χ0v) is 22.6. The highest BCUT2D eigenvalue weighted by molar-refractivity contribution is 5.89. The largest absolute Gasteiger partial charge is 0.481 e. The number of fused-ring (bicyclic) bond motifs is 7. The second kappa shape index (κ2) is 7.43. The van der Waals surface area contributed by atoms with Crippen LogP contribution in [0.4, 0.5) is 0 Å². The first-order valence-corrected chi connectivity index (χ1v) is 13.9. The number of allylic oxidation sites excluding steroid dienone is 2. The summed E-state index contributed by atoms with van der Waals surface area (Å²) in [4.78, 5) is 26.2. The van der Waals surface area contributed by atoms with Crippen molar-refractivity contribution in [1.29, 1.82) is 0 Å². The van der Waals surface area contributed by atoms with Crippen molar-refractivity contribution in [3.63, 3.8) is 0 Å². The molecule has 0 heterocycles. The van der Waals surface area contributed by atoms with Gasteiger partial charge in [0.2, 0.25) is 0 Å². The molecule has 10 atom stereocenters. The molecule has 0 bridgehead atoms. The smallest absolute Gasteiger partial charge is 0.309 e. The molecule has 5 rings (SSSR count). The highest BCUT2D eigenvalue weighted by Crippen LogP contribution is 2.75. The Morgan fingerprint density at radius 2 is 1.69 bits per heavy atom. The molecule has 4 fully saturated rings. The van der Waals surface area contributed by atoms with Gasteiger partial charge >= 0.3 is 5.97 Å². The van der Waals surface area contributed by atoms with Gasteiger partial charge in [-0.3, -0.25) is 9.59 Å². The summed E-state index contributed by atoms with van der Waals surface area (Å²) in [6.07, 6.45) is 8.76. The molecule has 1 unspecified atom stereocenters. The molecule has 5 nitrogen and oxygen atoms in total. The third-order valence-electron chi connectivity index (χ3n) is 13.3. The minimum atomic E-state index is -0.784. The maximum absolute atomic E-state index is 13.9. The summed E-state index contributed by atoms with van der Waals surface area (Å²) in [5, 5.41) is 31.3. The monoisotopic (exact) mass is 486 g/mol. The third kappa shape index (κ3) is 2.94. The highest BCUT2D eigenvalue weighted by Gasteiger charge is 2.70. The predicted octanol–water partition coefficient (Wildman–Crippen LogP) is 5.39. The maximum Gasteiger partial charge on any atom is 0.309 e. The fourth-order valence-electron chi connectivity index (χ4n) is 10.4. The number of hydrogen-bond acceptors (Lipinski definition) is 4. The van der Waals surface area contributed by atoms with Crippen LogP contribution in [0.2, 0.25) is 0 Å². The Morgan fingerprint density at radius 1 is 1.00 bits per heavy atom. The Balaban J connectivity index is 1.60. The molecule has 4 saturated carbocycles. The van der Waals surface area contributed by atoms with Gasteiger partial charge < -0.3 is 15.3 Å². The Kier molecular flexibility index (Phi) is 5.40. The Bertz CT molecular complexity index is 987. The number of carboxylic acids is 1. The number of ketones is 1. The third-order valence-corrected chi connectivity index (χ3v) is 13.3. The Hall–Kier alpha value is -1.20. The minimum Gasteiger partial charge on any atom is -0.481 e. The average molecular weight is 487 g/mol. The molecule has 5 heteroatoms. The van der Waals surface area contributed by atoms with Crippen molar-refractivity contribution < 1.29 is 24.9 Å². The molecular weight excluding hydrogens is 440 g/mol. The number of Topliss-reactive ketones (excluding diaryl/α,β-unsaturated/α-hetero) is 1. The van der Waals surface area contributed by atoms with Crippen LogP contribution in [-0.2, 0) is 9.59 Å². The molecule has 196 valence electrons. The normalized spacial score (nSPS) is 55.7. The van der Waals surface area contributed by atoms with Crippen molar-refractivity contribution in [1.82, 2.24) is 0 Å².